The van der Waals surface area contributed by atoms with Gasteiger partial charge in [0.05, 0.1) is 6.10 Å². The van der Waals surface area contributed by atoms with Crippen LogP contribution < -0.4 is 5.32 Å². The lowest BCUT2D eigenvalue weighted by Crippen LogP contribution is -2.23. The first-order chi connectivity index (χ1) is 8.65. The van der Waals surface area contributed by atoms with Crippen molar-refractivity contribution in [2.24, 2.45) is 0 Å². The van der Waals surface area contributed by atoms with E-state index in [1.165, 1.54) is 10.9 Å². The molecule has 2 rings (SSSR count). The van der Waals surface area contributed by atoms with Crippen molar-refractivity contribution in [1.29, 1.82) is 0 Å². The Morgan fingerprint density at radius 2 is 2.17 bits per heavy atom. The third-order valence-corrected chi connectivity index (χ3v) is 3.64. The molecule has 1 heterocycles. The molecule has 0 radical (unpaired) electrons. The van der Waals surface area contributed by atoms with Gasteiger partial charge in [-0.2, -0.15) is 0 Å². The Kier molecular flexibility index (Phi) is 4.47. The van der Waals surface area contributed by atoms with Crippen molar-refractivity contribution in [2.75, 3.05) is 6.54 Å². The fourth-order valence-electron chi connectivity index (χ4n) is 1.67. The minimum atomic E-state index is -0.340. The SMILES string of the molecule is CC(O)CNCc1ccc(-c2cccc(F)c2)s1. The maximum atomic E-state index is 13.1. The number of benzene rings is 1. The first-order valence-electron chi connectivity index (χ1n) is 5.88. The summed E-state index contributed by atoms with van der Waals surface area (Å²) < 4.78 is 13.1. The summed E-state index contributed by atoms with van der Waals surface area (Å²) in [7, 11) is 0. The van der Waals surface area contributed by atoms with E-state index < -0.39 is 0 Å². The maximum Gasteiger partial charge on any atom is 0.123 e. The van der Waals surface area contributed by atoms with Crippen LogP contribution in [0.3, 0.4) is 0 Å². The van der Waals surface area contributed by atoms with Gasteiger partial charge in [-0.3, -0.25) is 0 Å². The first kappa shape index (κ1) is 13.2. The summed E-state index contributed by atoms with van der Waals surface area (Å²) in [5.74, 6) is -0.213. The van der Waals surface area contributed by atoms with E-state index in [4.69, 9.17) is 5.11 Å². The highest BCUT2D eigenvalue weighted by Crippen LogP contribution is 2.28. The second-order valence-electron chi connectivity index (χ2n) is 4.26. The zero-order chi connectivity index (χ0) is 13.0. The van der Waals surface area contributed by atoms with E-state index >= 15 is 0 Å². The standard InChI is InChI=1S/C14H16FNOS/c1-10(17)8-16-9-13-5-6-14(18-13)11-3-2-4-12(15)7-11/h2-7,10,16-17H,8-9H2,1H3. The quantitative estimate of drug-likeness (QED) is 0.871. The lowest BCUT2D eigenvalue weighted by atomic mass is 10.2. The third-order valence-electron chi connectivity index (χ3n) is 2.51. The van der Waals surface area contributed by atoms with Crippen molar-refractivity contribution >= 4 is 11.3 Å². The summed E-state index contributed by atoms with van der Waals surface area (Å²) in [5, 5.41) is 12.3. The van der Waals surface area contributed by atoms with E-state index in [0.29, 0.717) is 6.54 Å². The van der Waals surface area contributed by atoms with Gasteiger partial charge in [-0.1, -0.05) is 12.1 Å². The molecule has 0 bridgehead atoms. The summed E-state index contributed by atoms with van der Waals surface area (Å²) in [6.45, 7) is 3.05. The van der Waals surface area contributed by atoms with Crippen LogP contribution in [0.1, 0.15) is 11.8 Å². The summed E-state index contributed by atoms with van der Waals surface area (Å²) in [5.41, 5.74) is 0.904. The fraction of sp³-hybridized carbons (Fsp3) is 0.286. The molecule has 2 nitrogen and oxygen atoms in total. The number of rotatable bonds is 5. The molecule has 0 aliphatic rings. The van der Waals surface area contributed by atoms with E-state index in [9.17, 15) is 4.39 Å². The maximum absolute atomic E-state index is 13.1. The molecule has 0 amide bonds. The molecule has 18 heavy (non-hydrogen) atoms. The number of hydrogen-bond acceptors (Lipinski definition) is 3. The molecule has 96 valence electrons. The minimum Gasteiger partial charge on any atom is -0.392 e. The molecular formula is C14H16FNOS. The highest BCUT2D eigenvalue weighted by molar-refractivity contribution is 7.15. The van der Waals surface area contributed by atoms with Gasteiger partial charge in [-0.15, -0.1) is 11.3 Å². The van der Waals surface area contributed by atoms with E-state index in [2.05, 4.69) is 5.32 Å². The number of nitrogens with one attached hydrogen (secondary N) is 1. The predicted molar refractivity (Wildman–Crippen MR) is 73.1 cm³/mol. The van der Waals surface area contributed by atoms with Crippen molar-refractivity contribution in [3.05, 3.63) is 47.1 Å². The zero-order valence-corrected chi connectivity index (χ0v) is 11.0. The molecule has 0 aliphatic carbocycles. The molecule has 1 aromatic heterocycles. The molecule has 1 atom stereocenters. The van der Waals surface area contributed by atoms with E-state index in [-0.39, 0.29) is 11.9 Å². The van der Waals surface area contributed by atoms with E-state index in [1.807, 2.05) is 18.2 Å². The number of thiophene rings is 1. The van der Waals surface area contributed by atoms with Crippen LogP contribution in [0.2, 0.25) is 0 Å². The van der Waals surface area contributed by atoms with Crippen LogP contribution in [-0.2, 0) is 6.54 Å². The second-order valence-corrected chi connectivity index (χ2v) is 5.42. The molecule has 0 spiro atoms. The lowest BCUT2D eigenvalue weighted by Gasteiger charge is -2.04. The van der Waals surface area contributed by atoms with Crippen molar-refractivity contribution in [3.8, 4) is 10.4 Å². The van der Waals surface area contributed by atoms with Crippen molar-refractivity contribution in [3.63, 3.8) is 0 Å². The molecule has 4 heteroatoms. The average Bonchev–Trinajstić information content (AvgIpc) is 2.77. The van der Waals surface area contributed by atoms with E-state index in [0.717, 1.165) is 17.0 Å². The fourth-order valence-corrected chi connectivity index (χ4v) is 2.65. The number of aliphatic hydroxyl groups is 1. The zero-order valence-electron chi connectivity index (χ0n) is 10.2. The minimum absolute atomic E-state index is 0.213. The molecule has 0 saturated heterocycles. The van der Waals surface area contributed by atoms with Crippen molar-refractivity contribution in [2.45, 2.75) is 19.6 Å². The van der Waals surface area contributed by atoms with Crippen LogP contribution in [0, 0.1) is 5.82 Å². The number of aliphatic hydroxyl groups excluding tert-OH is 1. The number of halogens is 1. The predicted octanol–water partition coefficient (Wildman–Crippen LogP) is 3.02. The van der Waals surface area contributed by atoms with Crippen LogP contribution in [-0.4, -0.2) is 17.8 Å². The summed E-state index contributed by atoms with van der Waals surface area (Å²) in [6.07, 6.45) is -0.340. The Morgan fingerprint density at radius 3 is 2.89 bits per heavy atom. The monoisotopic (exact) mass is 265 g/mol. The molecule has 2 aromatic rings. The van der Waals surface area contributed by atoms with Crippen LogP contribution in [0.4, 0.5) is 4.39 Å². The summed E-state index contributed by atoms with van der Waals surface area (Å²) >= 11 is 1.64. The van der Waals surface area contributed by atoms with Gasteiger partial charge < -0.3 is 10.4 Å². The average molecular weight is 265 g/mol. The Balaban J connectivity index is 2.02. The van der Waals surface area contributed by atoms with Crippen LogP contribution >= 0.6 is 11.3 Å². The van der Waals surface area contributed by atoms with Gasteiger partial charge in [0, 0.05) is 22.8 Å². The van der Waals surface area contributed by atoms with Crippen LogP contribution in [0.25, 0.3) is 10.4 Å². The van der Waals surface area contributed by atoms with Crippen LogP contribution in [0.5, 0.6) is 0 Å². The Hall–Kier alpha value is -1.23. The molecule has 2 N–H and O–H groups in total. The molecule has 0 fully saturated rings. The van der Waals surface area contributed by atoms with Gasteiger partial charge in [-0.05, 0) is 36.8 Å². The van der Waals surface area contributed by atoms with Gasteiger partial charge in [0.25, 0.3) is 0 Å². The Labute approximate surface area is 110 Å². The molecule has 0 aliphatic heterocycles. The van der Waals surface area contributed by atoms with Gasteiger partial charge >= 0.3 is 0 Å². The first-order valence-corrected chi connectivity index (χ1v) is 6.70. The molecule has 0 saturated carbocycles. The van der Waals surface area contributed by atoms with Gasteiger partial charge in [0.2, 0.25) is 0 Å². The van der Waals surface area contributed by atoms with Crippen molar-refractivity contribution in [1.82, 2.24) is 5.32 Å². The van der Waals surface area contributed by atoms with Crippen molar-refractivity contribution < 1.29 is 9.50 Å². The third kappa shape index (κ3) is 3.63. The Bertz CT molecular complexity index is 510. The van der Waals surface area contributed by atoms with Gasteiger partial charge in [0.1, 0.15) is 5.82 Å². The van der Waals surface area contributed by atoms with Gasteiger partial charge in [0.15, 0.2) is 0 Å². The summed E-state index contributed by atoms with van der Waals surface area (Å²) in [4.78, 5) is 2.23. The highest BCUT2D eigenvalue weighted by atomic mass is 32.1. The molecular weight excluding hydrogens is 249 g/mol. The smallest absolute Gasteiger partial charge is 0.123 e. The molecule has 1 aromatic carbocycles. The lowest BCUT2D eigenvalue weighted by molar-refractivity contribution is 0.191. The highest BCUT2D eigenvalue weighted by Gasteiger charge is 2.04. The topological polar surface area (TPSA) is 32.3 Å². The largest absolute Gasteiger partial charge is 0.392 e. The number of hydrogen-bond donors (Lipinski definition) is 2. The van der Waals surface area contributed by atoms with E-state index in [1.54, 1.807) is 30.4 Å². The van der Waals surface area contributed by atoms with Crippen LogP contribution in [0.15, 0.2) is 36.4 Å². The Morgan fingerprint density at radius 1 is 1.33 bits per heavy atom. The normalized spacial score (nSPS) is 12.6. The van der Waals surface area contributed by atoms with Gasteiger partial charge in [-0.25, -0.2) is 4.39 Å². The molecule has 1 unspecified atom stereocenters. The second kappa shape index (κ2) is 6.09. The summed E-state index contributed by atoms with van der Waals surface area (Å²) in [6, 6.07) is 10.6.